The highest BCUT2D eigenvalue weighted by atomic mass is 32.1. The monoisotopic (exact) mass is 209 g/mol. The van der Waals surface area contributed by atoms with E-state index in [-0.39, 0.29) is 5.82 Å². The molecule has 0 amide bonds. The van der Waals surface area contributed by atoms with E-state index in [2.05, 4.69) is 12.2 Å². The smallest absolute Gasteiger partial charge is 0.123 e. The SMILES string of the molecule is CNC(C)c1cc2cc(F)ccc2s1. The number of fused-ring (bicyclic) bond motifs is 1. The number of benzene rings is 1. The Morgan fingerprint density at radius 1 is 1.36 bits per heavy atom. The average molecular weight is 209 g/mol. The predicted octanol–water partition coefficient (Wildman–Crippen LogP) is 3.32. The molecule has 0 bridgehead atoms. The van der Waals surface area contributed by atoms with E-state index < -0.39 is 0 Å². The van der Waals surface area contributed by atoms with E-state index in [1.54, 1.807) is 17.4 Å². The summed E-state index contributed by atoms with van der Waals surface area (Å²) in [5.74, 6) is -0.168. The van der Waals surface area contributed by atoms with Crippen LogP contribution in [0.3, 0.4) is 0 Å². The first kappa shape index (κ1) is 9.62. The van der Waals surface area contributed by atoms with E-state index in [0.717, 1.165) is 10.1 Å². The minimum Gasteiger partial charge on any atom is -0.313 e. The lowest BCUT2D eigenvalue weighted by atomic mass is 10.2. The van der Waals surface area contributed by atoms with Crippen LogP contribution >= 0.6 is 11.3 Å². The molecule has 74 valence electrons. The topological polar surface area (TPSA) is 12.0 Å². The Kier molecular flexibility index (Phi) is 2.52. The second-order valence-electron chi connectivity index (χ2n) is 3.34. The van der Waals surface area contributed by atoms with Gasteiger partial charge in [0.25, 0.3) is 0 Å². The lowest BCUT2D eigenvalue weighted by molar-refractivity contribution is 0.630. The van der Waals surface area contributed by atoms with Crippen molar-refractivity contribution in [2.45, 2.75) is 13.0 Å². The van der Waals surface area contributed by atoms with Gasteiger partial charge in [-0.25, -0.2) is 4.39 Å². The van der Waals surface area contributed by atoms with Crippen LogP contribution in [0.1, 0.15) is 17.8 Å². The second kappa shape index (κ2) is 3.67. The van der Waals surface area contributed by atoms with E-state index >= 15 is 0 Å². The normalized spacial score (nSPS) is 13.4. The lowest BCUT2D eigenvalue weighted by Gasteiger charge is -2.05. The van der Waals surface area contributed by atoms with Crippen molar-refractivity contribution in [3.05, 3.63) is 35.0 Å². The Morgan fingerprint density at radius 3 is 2.86 bits per heavy atom. The fourth-order valence-electron chi connectivity index (χ4n) is 1.39. The van der Waals surface area contributed by atoms with Gasteiger partial charge in [0.05, 0.1) is 0 Å². The third-order valence-electron chi connectivity index (χ3n) is 2.36. The van der Waals surface area contributed by atoms with Gasteiger partial charge in [0.15, 0.2) is 0 Å². The highest BCUT2D eigenvalue weighted by Crippen LogP contribution is 2.29. The van der Waals surface area contributed by atoms with Crippen LogP contribution in [-0.2, 0) is 0 Å². The van der Waals surface area contributed by atoms with Gasteiger partial charge in [-0.1, -0.05) is 0 Å². The van der Waals surface area contributed by atoms with Crippen LogP contribution in [0.15, 0.2) is 24.3 Å². The van der Waals surface area contributed by atoms with Crippen molar-refractivity contribution in [2.24, 2.45) is 0 Å². The highest BCUT2D eigenvalue weighted by molar-refractivity contribution is 7.19. The maximum absolute atomic E-state index is 12.9. The molecule has 1 atom stereocenters. The molecule has 14 heavy (non-hydrogen) atoms. The maximum atomic E-state index is 12.9. The van der Waals surface area contributed by atoms with Gasteiger partial charge in [-0.3, -0.25) is 0 Å². The van der Waals surface area contributed by atoms with Crippen LogP contribution in [0.5, 0.6) is 0 Å². The molecule has 1 unspecified atom stereocenters. The highest BCUT2D eigenvalue weighted by Gasteiger charge is 2.07. The molecule has 0 radical (unpaired) electrons. The Labute approximate surface area is 86.6 Å². The van der Waals surface area contributed by atoms with E-state index in [1.807, 2.05) is 19.2 Å². The summed E-state index contributed by atoms with van der Waals surface area (Å²) in [6.07, 6.45) is 0. The average Bonchev–Trinajstić information content (AvgIpc) is 2.59. The van der Waals surface area contributed by atoms with E-state index in [1.165, 1.54) is 10.9 Å². The maximum Gasteiger partial charge on any atom is 0.123 e. The Morgan fingerprint density at radius 2 is 2.14 bits per heavy atom. The van der Waals surface area contributed by atoms with Gasteiger partial charge in [0, 0.05) is 15.6 Å². The van der Waals surface area contributed by atoms with Gasteiger partial charge >= 0.3 is 0 Å². The molecular formula is C11H12FNS. The molecular weight excluding hydrogens is 197 g/mol. The third kappa shape index (κ3) is 1.65. The van der Waals surface area contributed by atoms with Crippen molar-refractivity contribution in [2.75, 3.05) is 7.05 Å². The van der Waals surface area contributed by atoms with Gasteiger partial charge in [-0.2, -0.15) is 0 Å². The summed E-state index contributed by atoms with van der Waals surface area (Å²) >= 11 is 1.71. The first-order chi connectivity index (χ1) is 6.70. The number of halogens is 1. The Balaban J connectivity index is 2.51. The lowest BCUT2D eigenvalue weighted by Crippen LogP contribution is -2.10. The quantitative estimate of drug-likeness (QED) is 0.800. The molecule has 1 heterocycles. The zero-order chi connectivity index (χ0) is 10.1. The zero-order valence-corrected chi connectivity index (χ0v) is 8.99. The van der Waals surface area contributed by atoms with Crippen LogP contribution in [-0.4, -0.2) is 7.05 Å². The Bertz CT molecular complexity index is 449. The molecule has 0 spiro atoms. The van der Waals surface area contributed by atoms with Crippen molar-refractivity contribution in [1.29, 1.82) is 0 Å². The summed E-state index contributed by atoms with van der Waals surface area (Å²) in [5.41, 5.74) is 0. The molecule has 0 aliphatic carbocycles. The first-order valence-electron chi connectivity index (χ1n) is 4.57. The van der Waals surface area contributed by atoms with Crippen LogP contribution in [0.4, 0.5) is 4.39 Å². The summed E-state index contributed by atoms with van der Waals surface area (Å²) in [7, 11) is 1.93. The number of thiophene rings is 1. The van der Waals surface area contributed by atoms with Gasteiger partial charge in [0.1, 0.15) is 5.82 Å². The fourth-order valence-corrected chi connectivity index (χ4v) is 2.50. The van der Waals surface area contributed by atoms with Gasteiger partial charge < -0.3 is 5.32 Å². The minimum atomic E-state index is -0.168. The molecule has 2 rings (SSSR count). The molecule has 0 saturated carbocycles. The molecule has 1 aromatic carbocycles. The van der Waals surface area contributed by atoms with E-state index in [0.29, 0.717) is 6.04 Å². The van der Waals surface area contributed by atoms with E-state index in [9.17, 15) is 4.39 Å². The minimum absolute atomic E-state index is 0.168. The van der Waals surface area contributed by atoms with Gasteiger partial charge in [-0.05, 0) is 43.6 Å². The van der Waals surface area contributed by atoms with Crippen LogP contribution < -0.4 is 5.32 Å². The number of hydrogen-bond acceptors (Lipinski definition) is 2. The van der Waals surface area contributed by atoms with Crippen molar-refractivity contribution >= 4 is 21.4 Å². The molecule has 0 fully saturated rings. The molecule has 1 nitrogen and oxygen atoms in total. The molecule has 0 aliphatic rings. The van der Waals surface area contributed by atoms with Gasteiger partial charge in [0.2, 0.25) is 0 Å². The number of rotatable bonds is 2. The predicted molar refractivity (Wildman–Crippen MR) is 59.3 cm³/mol. The summed E-state index contributed by atoms with van der Waals surface area (Å²) in [6.45, 7) is 2.10. The summed E-state index contributed by atoms with van der Waals surface area (Å²) < 4.78 is 14.1. The first-order valence-corrected chi connectivity index (χ1v) is 5.38. The second-order valence-corrected chi connectivity index (χ2v) is 4.46. The zero-order valence-electron chi connectivity index (χ0n) is 8.17. The fraction of sp³-hybridized carbons (Fsp3) is 0.273. The number of hydrogen-bond donors (Lipinski definition) is 1. The van der Waals surface area contributed by atoms with Crippen LogP contribution in [0.25, 0.3) is 10.1 Å². The molecule has 0 saturated heterocycles. The third-order valence-corrected chi connectivity index (χ3v) is 3.66. The summed E-state index contributed by atoms with van der Waals surface area (Å²) in [4.78, 5) is 1.24. The van der Waals surface area contributed by atoms with Gasteiger partial charge in [-0.15, -0.1) is 11.3 Å². The van der Waals surface area contributed by atoms with Crippen LogP contribution in [0.2, 0.25) is 0 Å². The van der Waals surface area contributed by atoms with Crippen molar-refractivity contribution in [1.82, 2.24) is 5.32 Å². The molecule has 1 aromatic heterocycles. The molecule has 2 aromatic rings. The summed E-state index contributed by atoms with van der Waals surface area (Å²) in [6, 6.07) is 7.30. The van der Waals surface area contributed by atoms with Crippen molar-refractivity contribution in [3.63, 3.8) is 0 Å². The standard InChI is InChI=1S/C11H12FNS/c1-7(13-2)11-6-8-5-9(12)3-4-10(8)14-11/h3-7,13H,1-2H3. The molecule has 0 aliphatic heterocycles. The number of nitrogens with one attached hydrogen (secondary N) is 1. The van der Waals surface area contributed by atoms with Crippen molar-refractivity contribution < 1.29 is 4.39 Å². The van der Waals surface area contributed by atoms with Crippen molar-refractivity contribution in [3.8, 4) is 0 Å². The Hall–Kier alpha value is -0.930. The molecule has 3 heteroatoms. The van der Waals surface area contributed by atoms with Crippen LogP contribution in [0, 0.1) is 5.82 Å². The largest absolute Gasteiger partial charge is 0.313 e. The summed E-state index contributed by atoms with van der Waals surface area (Å²) in [5, 5.41) is 4.17. The molecule has 1 N–H and O–H groups in total. The van der Waals surface area contributed by atoms with E-state index in [4.69, 9.17) is 0 Å².